The number of rotatable bonds is 7. The third-order valence-electron chi connectivity index (χ3n) is 5.96. The van der Waals surface area contributed by atoms with Crippen molar-refractivity contribution in [1.82, 2.24) is 20.5 Å². The second-order valence-electron chi connectivity index (χ2n) is 8.61. The molecule has 0 amide bonds. The number of piperidine rings is 1. The first kappa shape index (κ1) is 23.0. The topological polar surface area (TPSA) is 85.9 Å². The Labute approximate surface area is 195 Å². The molecular formula is C26H33N5O2. The van der Waals surface area contributed by atoms with Crippen LogP contribution < -0.4 is 10.6 Å². The molecule has 0 unspecified atom stereocenters. The summed E-state index contributed by atoms with van der Waals surface area (Å²) in [4.78, 5) is 11.3. The SMILES string of the molecule is CN=C(NCc1ccc(CN2CCC(O)CC2)cc1)NCc1coc(-c2ccc(C)cc2)n1. The van der Waals surface area contributed by atoms with E-state index in [1.54, 1.807) is 13.3 Å². The van der Waals surface area contributed by atoms with Crippen molar-refractivity contribution in [1.29, 1.82) is 0 Å². The molecule has 7 heteroatoms. The maximum absolute atomic E-state index is 9.66. The normalized spacial score (nSPS) is 15.5. The van der Waals surface area contributed by atoms with E-state index in [4.69, 9.17) is 4.42 Å². The minimum Gasteiger partial charge on any atom is -0.444 e. The molecule has 0 aliphatic carbocycles. The van der Waals surface area contributed by atoms with Gasteiger partial charge in [-0.1, -0.05) is 42.0 Å². The Kier molecular flexibility index (Phi) is 7.75. The molecule has 7 nitrogen and oxygen atoms in total. The number of aryl methyl sites for hydroxylation is 1. The van der Waals surface area contributed by atoms with E-state index < -0.39 is 0 Å². The van der Waals surface area contributed by atoms with E-state index in [-0.39, 0.29) is 6.10 Å². The quantitative estimate of drug-likeness (QED) is 0.380. The van der Waals surface area contributed by atoms with Crippen molar-refractivity contribution in [2.24, 2.45) is 4.99 Å². The Hall–Kier alpha value is -3.16. The van der Waals surface area contributed by atoms with Gasteiger partial charge in [-0.15, -0.1) is 0 Å². The molecule has 1 aliphatic rings. The predicted octanol–water partition coefficient (Wildman–Crippen LogP) is 3.47. The van der Waals surface area contributed by atoms with Crippen LogP contribution in [0.3, 0.4) is 0 Å². The van der Waals surface area contributed by atoms with E-state index in [9.17, 15) is 5.11 Å². The molecule has 0 bridgehead atoms. The van der Waals surface area contributed by atoms with Crippen LogP contribution in [0.1, 0.15) is 35.2 Å². The minimum absolute atomic E-state index is 0.128. The molecule has 33 heavy (non-hydrogen) atoms. The van der Waals surface area contributed by atoms with Gasteiger partial charge >= 0.3 is 0 Å². The lowest BCUT2D eigenvalue weighted by atomic mass is 10.1. The lowest BCUT2D eigenvalue weighted by molar-refractivity contribution is 0.0792. The van der Waals surface area contributed by atoms with Gasteiger partial charge in [-0.05, 0) is 43.0 Å². The van der Waals surface area contributed by atoms with E-state index in [1.807, 2.05) is 12.1 Å². The molecule has 1 aromatic heterocycles. The minimum atomic E-state index is -0.128. The highest BCUT2D eigenvalue weighted by atomic mass is 16.3. The Bertz CT molecular complexity index is 1040. The van der Waals surface area contributed by atoms with Gasteiger partial charge < -0.3 is 20.2 Å². The number of nitrogens with one attached hydrogen (secondary N) is 2. The summed E-state index contributed by atoms with van der Waals surface area (Å²) in [5.41, 5.74) is 5.49. The largest absolute Gasteiger partial charge is 0.444 e. The second-order valence-corrected chi connectivity index (χ2v) is 8.61. The number of benzene rings is 2. The summed E-state index contributed by atoms with van der Waals surface area (Å²) in [5, 5.41) is 16.3. The summed E-state index contributed by atoms with van der Waals surface area (Å²) in [7, 11) is 1.76. The van der Waals surface area contributed by atoms with Crippen LogP contribution in [-0.2, 0) is 19.6 Å². The Balaban J connectivity index is 1.23. The number of aliphatic hydroxyl groups excluding tert-OH is 1. The zero-order valence-corrected chi connectivity index (χ0v) is 19.4. The van der Waals surface area contributed by atoms with Crippen LogP contribution in [0.15, 0.2) is 64.2 Å². The van der Waals surface area contributed by atoms with E-state index >= 15 is 0 Å². The van der Waals surface area contributed by atoms with Crippen molar-refractivity contribution in [3.63, 3.8) is 0 Å². The van der Waals surface area contributed by atoms with Crippen molar-refractivity contribution in [3.05, 3.63) is 77.2 Å². The summed E-state index contributed by atoms with van der Waals surface area (Å²) in [6, 6.07) is 16.8. The first-order chi connectivity index (χ1) is 16.1. The van der Waals surface area contributed by atoms with Crippen molar-refractivity contribution >= 4 is 5.96 Å². The van der Waals surface area contributed by atoms with Gasteiger partial charge in [-0.3, -0.25) is 9.89 Å². The number of nitrogens with zero attached hydrogens (tertiary/aromatic N) is 3. The predicted molar refractivity (Wildman–Crippen MR) is 131 cm³/mol. The molecule has 1 fully saturated rings. The molecule has 1 aliphatic heterocycles. The lowest BCUT2D eigenvalue weighted by Crippen LogP contribution is -2.36. The Morgan fingerprint density at radius 1 is 1.03 bits per heavy atom. The van der Waals surface area contributed by atoms with E-state index in [0.29, 0.717) is 24.9 Å². The summed E-state index contributed by atoms with van der Waals surface area (Å²) in [6.07, 6.45) is 3.29. The standard InChI is InChI=1S/C26H33N5O2/c1-19-3-9-22(10-4-19)25-30-23(18-33-25)16-29-26(27-2)28-15-20-5-7-21(8-6-20)17-31-13-11-24(32)12-14-31/h3-10,18,24,32H,11-17H2,1-2H3,(H2,27,28,29). The first-order valence-electron chi connectivity index (χ1n) is 11.5. The zero-order chi connectivity index (χ0) is 23.0. The third kappa shape index (κ3) is 6.66. The van der Waals surface area contributed by atoms with E-state index in [1.165, 1.54) is 16.7 Å². The van der Waals surface area contributed by atoms with Crippen LogP contribution in [-0.4, -0.2) is 47.2 Å². The number of guanidine groups is 1. The van der Waals surface area contributed by atoms with Gasteiger partial charge in [0.25, 0.3) is 0 Å². The summed E-state index contributed by atoms with van der Waals surface area (Å²) < 4.78 is 5.63. The molecule has 0 saturated carbocycles. The smallest absolute Gasteiger partial charge is 0.226 e. The molecule has 2 heterocycles. The fraction of sp³-hybridized carbons (Fsp3) is 0.385. The fourth-order valence-electron chi connectivity index (χ4n) is 3.90. The van der Waals surface area contributed by atoms with Crippen LogP contribution in [0.4, 0.5) is 0 Å². The highest BCUT2D eigenvalue weighted by Gasteiger charge is 2.16. The Morgan fingerprint density at radius 2 is 1.70 bits per heavy atom. The number of aliphatic imine (C=N–C) groups is 1. The average Bonchev–Trinajstić information content (AvgIpc) is 3.31. The molecule has 2 aromatic carbocycles. The molecular weight excluding hydrogens is 414 g/mol. The number of hydrogen-bond donors (Lipinski definition) is 3. The van der Waals surface area contributed by atoms with Crippen molar-refractivity contribution in [3.8, 4) is 11.5 Å². The second kappa shape index (κ2) is 11.1. The van der Waals surface area contributed by atoms with Gasteiger partial charge in [0, 0.05) is 38.8 Å². The fourth-order valence-corrected chi connectivity index (χ4v) is 3.90. The Morgan fingerprint density at radius 3 is 2.39 bits per heavy atom. The molecule has 3 aromatic rings. The summed E-state index contributed by atoms with van der Waals surface area (Å²) in [5.74, 6) is 1.33. The maximum atomic E-state index is 9.66. The highest BCUT2D eigenvalue weighted by molar-refractivity contribution is 5.79. The zero-order valence-electron chi connectivity index (χ0n) is 19.4. The van der Waals surface area contributed by atoms with Gasteiger partial charge in [0.2, 0.25) is 5.89 Å². The van der Waals surface area contributed by atoms with Crippen molar-refractivity contribution in [2.45, 2.75) is 45.5 Å². The van der Waals surface area contributed by atoms with Gasteiger partial charge in [0.05, 0.1) is 18.3 Å². The van der Waals surface area contributed by atoms with Crippen LogP contribution in [0.25, 0.3) is 11.5 Å². The number of likely N-dealkylation sites (tertiary alicyclic amines) is 1. The van der Waals surface area contributed by atoms with Crippen molar-refractivity contribution < 1.29 is 9.52 Å². The molecule has 0 spiro atoms. The molecule has 0 radical (unpaired) electrons. The van der Waals surface area contributed by atoms with Crippen LogP contribution in [0, 0.1) is 6.92 Å². The average molecular weight is 448 g/mol. The monoisotopic (exact) mass is 447 g/mol. The molecule has 1 saturated heterocycles. The molecule has 0 atom stereocenters. The van der Waals surface area contributed by atoms with Crippen LogP contribution in [0.5, 0.6) is 0 Å². The number of hydrogen-bond acceptors (Lipinski definition) is 5. The van der Waals surface area contributed by atoms with Crippen LogP contribution >= 0.6 is 0 Å². The summed E-state index contributed by atoms with van der Waals surface area (Å²) in [6.45, 7) is 6.13. The third-order valence-corrected chi connectivity index (χ3v) is 5.96. The number of oxazole rings is 1. The lowest BCUT2D eigenvalue weighted by Gasteiger charge is -2.29. The van der Waals surface area contributed by atoms with E-state index in [2.05, 4.69) is 68.8 Å². The van der Waals surface area contributed by atoms with E-state index in [0.717, 1.165) is 43.7 Å². The first-order valence-corrected chi connectivity index (χ1v) is 11.5. The molecule has 174 valence electrons. The highest BCUT2D eigenvalue weighted by Crippen LogP contribution is 2.19. The maximum Gasteiger partial charge on any atom is 0.226 e. The van der Waals surface area contributed by atoms with Gasteiger partial charge in [-0.2, -0.15) is 0 Å². The molecule has 4 rings (SSSR count). The van der Waals surface area contributed by atoms with Gasteiger partial charge in [-0.25, -0.2) is 4.98 Å². The molecule has 3 N–H and O–H groups in total. The number of aliphatic hydroxyl groups is 1. The van der Waals surface area contributed by atoms with Crippen LogP contribution in [0.2, 0.25) is 0 Å². The van der Waals surface area contributed by atoms with Gasteiger partial charge in [0.15, 0.2) is 5.96 Å². The number of aromatic nitrogens is 1. The van der Waals surface area contributed by atoms with Crippen molar-refractivity contribution in [2.75, 3.05) is 20.1 Å². The summed E-state index contributed by atoms with van der Waals surface area (Å²) >= 11 is 0. The van der Waals surface area contributed by atoms with Gasteiger partial charge in [0.1, 0.15) is 6.26 Å².